The van der Waals surface area contributed by atoms with Gasteiger partial charge in [0.2, 0.25) is 6.79 Å². The first-order valence-corrected chi connectivity index (χ1v) is 9.55. The van der Waals surface area contributed by atoms with Crippen molar-refractivity contribution in [1.29, 1.82) is 0 Å². The van der Waals surface area contributed by atoms with Crippen molar-refractivity contribution in [3.8, 4) is 11.5 Å². The molecule has 1 aromatic carbocycles. The summed E-state index contributed by atoms with van der Waals surface area (Å²) in [6, 6.07) is 6.02. The predicted molar refractivity (Wildman–Crippen MR) is 97.1 cm³/mol. The van der Waals surface area contributed by atoms with Crippen molar-refractivity contribution >= 4 is 17.7 Å². The molecule has 1 saturated heterocycles. The summed E-state index contributed by atoms with van der Waals surface area (Å²) in [4.78, 5) is 4.54. The molecule has 7 heteroatoms. The predicted octanol–water partition coefficient (Wildman–Crippen LogP) is 1.38. The van der Waals surface area contributed by atoms with Crippen molar-refractivity contribution in [1.82, 2.24) is 10.6 Å². The molecular formula is C17H25N3O3S. The minimum atomic E-state index is -0.648. The number of rotatable bonds is 6. The standard InChI is InChI=1S/C17H25N3O3S/c1-2-18-16(20-10-17(21)6-8-24-11-17)19-7-5-13-3-4-14-15(9-13)23-12-22-14/h3-4,9,21H,2,5-8,10-12H2,1H3,(H2,18,19,20). The fraction of sp³-hybridized carbons (Fsp3) is 0.588. The quantitative estimate of drug-likeness (QED) is 0.531. The normalized spacial score (nSPS) is 22.7. The average molecular weight is 351 g/mol. The van der Waals surface area contributed by atoms with Gasteiger partial charge in [0, 0.05) is 18.8 Å². The minimum absolute atomic E-state index is 0.301. The highest BCUT2D eigenvalue weighted by atomic mass is 32.2. The molecule has 0 aliphatic carbocycles. The van der Waals surface area contributed by atoms with Gasteiger partial charge < -0.3 is 25.2 Å². The number of ether oxygens (including phenoxy) is 2. The molecule has 2 aliphatic rings. The number of benzene rings is 1. The molecule has 2 aliphatic heterocycles. The van der Waals surface area contributed by atoms with Crippen LogP contribution in [0.1, 0.15) is 18.9 Å². The number of hydrogen-bond acceptors (Lipinski definition) is 5. The molecule has 6 nitrogen and oxygen atoms in total. The summed E-state index contributed by atoms with van der Waals surface area (Å²) in [5, 5.41) is 16.9. The van der Waals surface area contributed by atoms with Crippen LogP contribution in [0, 0.1) is 0 Å². The Kier molecular flexibility index (Phi) is 5.73. The SMILES string of the molecule is CCNC(=NCC1(O)CCSC1)NCCc1ccc2c(c1)OCO2. The van der Waals surface area contributed by atoms with Gasteiger partial charge >= 0.3 is 0 Å². The van der Waals surface area contributed by atoms with Gasteiger partial charge in [0.15, 0.2) is 17.5 Å². The lowest BCUT2D eigenvalue weighted by Crippen LogP contribution is -2.40. The van der Waals surface area contributed by atoms with Crippen LogP contribution in [-0.4, -0.2) is 54.6 Å². The van der Waals surface area contributed by atoms with Gasteiger partial charge in [-0.2, -0.15) is 11.8 Å². The summed E-state index contributed by atoms with van der Waals surface area (Å²) >= 11 is 1.79. The van der Waals surface area contributed by atoms with E-state index >= 15 is 0 Å². The Morgan fingerprint density at radius 2 is 2.21 bits per heavy atom. The average Bonchev–Trinajstić information content (AvgIpc) is 3.21. The molecule has 0 saturated carbocycles. The fourth-order valence-corrected chi connectivity index (χ4v) is 4.00. The monoisotopic (exact) mass is 351 g/mol. The van der Waals surface area contributed by atoms with Crippen molar-refractivity contribution < 1.29 is 14.6 Å². The van der Waals surface area contributed by atoms with E-state index in [9.17, 15) is 5.11 Å². The van der Waals surface area contributed by atoms with Crippen LogP contribution in [0.2, 0.25) is 0 Å². The summed E-state index contributed by atoms with van der Waals surface area (Å²) in [7, 11) is 0. The second kappa shape index (κ2) is 7.98. The van der Waals surface area contributed by atoms with E-state index in [1.807, 2.05) is 19.1 Å². The zero-order valence-corrected chi connectivity index (χ0v) is 14.8. The molecule has 132 valence electrons. The lowest BCUT2D eigenvalue weighted by molar-refractivity contribution is 0.0778. The number of nitrogens with zero attached hydrogens (tertiary/aromatic N) is 1. The second-order valence-electron chi connectivity index (χ2n) is 6.09. The molecule has 1 fully saturated rings. The Labute approximate surface area is 147 Å². The van der Waals surface area contributed by atoms with E-state index in [-0.39, 0.29) is 0 Å². The number of aliphatic imine (C=N–C) groups is 1. The maximum Gasteiger partial charge on any atom is 0.231 e. The molecule has 3 rings (SSSR count). The highest BCUT2D eigenvalue weighted by Gasteiger charge is 2.31. The smallest absolute Gasteiger partial charge is 0.231 e. The van der Waals surface area contributed by atoms with Crippen LogP contribution < -0.4 is 20.1 Å². The van der Waals surface area contributed by atoms with E-state index in [1.165, 1.54) is 5.56 Å². The van der Waals surface area contributed by atoms with Gasteiger partial charge in [0.05, 0.1) is 12.1 Å². The van der Waals surface area contributed by atoms with Gasteiger partial charge in [-0.3, -0.25) is 4.99 Å². The van der Waals surface area contributed by atoms with Crippen molar-refractivity contribution in [2.24, 2.45) is 4.99 Å². The maximum atomic E-state index is 10.4. The molecular weight excluding hydrogens is 326 g/mol. The van der Waals surface area contributed by atoms with E-state index < -0.39 is 5.60 Å². The summed E-state index contributed by atoms with van der Waals surface area (Å²) in [6.45, 7) is 4.34. The highest BCUT2D eigenvalue weighted by Crippen LogP contribution is 2.32. The Morgan fingerprint density at radius 1 is 1.33 bits per heavy atom. The number of nitrogens with one attached hydrogen (secondary N) is 2. The van der Waals surface area contributed by atoms with Crippen LogP contribution in [0.15, 0.2) is 23.2 Å². The van der Waals surface area contributed by atoms with E-state index in [0.717, 1.165) is 54.9 Å². The van der Waals surface area contributed by atoms with Crippen LogP contribution in [0.25, 0.3) is 0 Å². The summed E-state index contributed by atoms with van der Waals surface area (Å²) in [6.07, 6.45) is 1.68. The molecule has 1 aromatic rings. The van der Waals surface area contributed by atoms with Gasteiger partial charge in [-0.1, -0.05) is 6.07 Å². The molecule has 0 bridgehead atoms. The lowest BCUT2D eigenvalue weighted by Gasteiger charge is -2.19. The van der Waals surface area contributed by atoms with Crippen molar-refractivity contribution in [2.45, 2.75) is 25.4 Å². The Bertz CT molecular complexity index is 588. The third-order valence-electron chi connectivity index (χ3n) is 4.10. The van der Waals surface area contributed by atoms with Crippen LogP contribution >= 0.6 is 11.8 Å². The van der Waals surface area contributed by atoms with E-state index in [1.54, 1.807) is 11.8 Å². The number of fused-ring (bicyclic) bond motifs is 1. The number of aliphatic hydroxyl groups is 1. The third-order valence-corrected chi connectivity index (χ3v) is 5.34. The maximum absolute atomic E-state index is 10.4. The zero-order valence-electron chi connectivity index (χ0n) is 14.0. The molecule has 24 heavy (non-hydrogen) atoms. The van der Waals surface area contributed by atoms with Crippen LogP contribution in [0.3, 0.4) is 0 Å². The molecule has 1 atom stereocenters. The van der Waals surface area contributed by atoms with E-state index in [4.69, 9.17) is 9.47 Å². The third kappa shape index (κ3) is 4.48. The number of guanidine groups is 1. The van der Waals surface area contributed by atoms with E-state index in [0.29, 0.717) is 13.3 Å². The molecule has 0 amide bonds. The number of thioether (sulfide) groups is 1. The first-order valence-electron chi connectivity index (χ1n) is 8.39. The van der Waals surface area contributed by atoms with Gasteiger partial charge in [0.1, 0.15) is 0 Å². The highest BCUT2D eigenvalue weighted by molar-refractivity contribution is 7.99. The molecule has 0 radical (unpaired) electrons. The summed E-state index contributed by atoms with van der Waals surface area (Å²) < 4.78 is 10.7. The van der Waals surface area contributed by atoms with Crippen molar-refractivity contribution in [2.75, 3.05) is 37.9 Å². The zero-order chi connectivity index (χ0) is 16.8. The largest absolute Gasteiger partial charge is 0.454 e. The van der Waals surface area contributed by atoms with Gasteiger partial charge in [-0.05, 0) is 43.2 Å². The van der Waals surface area contributed by atoms with Crippen LogP contribution in [0.5, 0.6) is 11.5 Å². The van der Waals surface area contributed by atoms with E-state index in [2.05, 4.69) is 21.7 Å². The lowest BCUT2D eigenvalue weighted by atomic mass is 10.1. The van der Waals surface area contributed by atoms with Crippen LogP contribution in [-0.2, 0) is 6.42 Å². The first-order chi connectivity index (χ1) is 11.7. The topological polar surface area (TPSA) is 75.1 Å². The Balaban J connectivity index is 1.50. The summed E-state index contributed by atoms with van der Waals surface area (Å²) in [5.74, 6) is 4.16. The first kappa shape index (κ1) is 17.2. The molecule has 0 spiro atoms. The fourth-order valence-electron chi connectivity index (χ4n) is 2.71. The van der Waals surface area contributed by atoms with Gasteiger partial charge in [-0.25, -0.2) is 0 Å². The Morgan fingerprint density at radius 3 is 3.00 bits per heavy atom. The molecule has 3 N–H and O–H groups in total. The summed E-state index contributed by atoms with van der Waals surface area (Å²) in [5.41, 5.74) is 0.540. The van der Waals surface area contributed by atoms with Crippen molar-refractivity contribution in [3.05, 3.63) is 23.8 Å². The number of hydrogen-bond donors (Lipinski definition) is 3. The van der Waals surface area contributed by atoms with Gasteiger partial charge in [-0.15, -0.1) is 0 Å². The van der Waals surface area contributed by atoms with Gasteiger partial charge in [0.25, 0.3) is 0 Å². The second-order valence-corrected chi connectivity index (χ2v) is 7.19. The molecule has 0 aromatic heterocycles. The molecule has 2 heterocycles. The Hall–Kier alpha value is -1.60. The molecule has 1 unspecified atom stereocenters. The van der Waals surface area contributed by atoms with Crippen LogP contribution in [0.4, 0.5) is 0 Å². The minimum Gasteiger partial charge on any atom is -0.454 e. The van der Waals surface area contributed by atoms with Crippen molar-refractivity contribution in [3.63, 3.8) is 0 Å².